The highest BCUT2D eigenvalue weighted by atomic mass is 32.1. The summed E-state index contributed by atoms with van der Waals surface area (Å²) in [4.78, 5) is 3.00. The normalized spacial score (nSPS) is 13.0. The van der Waals surface area contributed by atoms with Crippen molar-refractivity contribution in [3.63, 3.8) is 0 Å². The van der Waals surface area contributed by atoms with Crippen molar-refractivity contribution in [3.05, 3.63) is 0 Å². The van der Waals surface area contributed by atoms with Crippen LogP contribution in [0.1, 0.15) is 39.5 Å². The zero-order valence-electron chi connectivity index (χ0n) is 10.6. The van der Waals surface area contributed by atoms with Crippen LogP contribution in [0.25, 0.3) is 0 Å². The Kier molecular flexibility index (Phi) is 9.88. The molecule has 1 atom stereocenters. The second-order valence-electron chi connectivity index (χ2n) is 4.33. The summed E-state index contributed by atoms with van der Waals surface area (Å²) in [5.41, 5.74) is 5.61. The Morgan fingerprint density at radius 1 is 1.31 bits per heavy atom. The van der Waals surface area contributed by atoms with Crippen molar-refractivity contribution in [1.29, 1.82) is 0 Å². The van der Waals surface area contributed by atoms with Gasteiger partial charge in [-0.2, -0.15) is 0 Å². The lowest BCUT2D eigenvalue weighted by atomic mass is 10.1. The summed E-state index contributed by atoms with van der Waals surface area (Å²) in [6.07, 6.45) is 4.44. The van der Waals surface area contributed by atoms with Crippen LogP contribution >= 0.6 is 12.2 Å². The molecule has 0 bridgehead atoms. The summed E-state index contributed by atoms with van der Waals surface area (Å²) in [5, 5.41) is 8.66. The first kappa shape index (κ1) is 15.8. The maximum absolute atomic E-state index is 8.66. The van der Waals surface area contributed by atoms with Crippen LogP contribution in [0.2, 0.25) is 0 Å². The van der Waals surface area contributed by atoms with Gasteiger partial charge >= 0.3 is 0 Å². The molecule has 0 aromatic heterocycles. The summed E-state index contributed by atoms with van der Waals surface area (Å²) < 4.78 is 0. The molecule has 0 saturated carbocycles. The van der Waals surface area contributed by atoms with Crippen molar-refractivity contribution >= 4 is 17.2 Å². The molecule has 0 aromatic carbocycles. The number of hydrogen-bond donors (Lipinski definition) is 2. The van der Waals surface area contributed by atoms with Crippen LogP contribution in [-0.2, 0) is 0 Å². The maximum atomic E-state index is 8.66. The molecule has 0 aliphatic rings. The fourth-order valence-corrected chi connectivity index (χ4v) is 1.73. The van der Waals surface area contributed by atoms with E-state index in [1.807, 2.05) is 0 Å². The van der Waals surface area contributed by atoms with E-state index in [4.69, 9.17) is 23.1 Å². The van der Waals surface area contributed by atoms with Gasteiger partial charge in [0.05, 0.1) is 4.99 Å². The molecule has 0 aliphatic heterocycles. The van der Waals surface area contributed by atoms with Crippen LogP contribution < -0.4 is 5.73 Å². The Balaban J connectivity index is 3.62. The summed E-state index contributed by atoms with van der Waals surface area (Å²) in [5.74, 6) is 0.299. The van der Waals surface area contributed by atoms with Gasteiger partial charge < -0.3 is 15.7 Å². The van der Waals surface area contributed by atoms with Gasteiger partial charge in [-0.1, -0.05) is 38.9 Å². The highest BCUT2D eigenvalue weighted by molar-refractivity contribution is 7.80. The molecule has 0 fully saturated rings. The number of thiocarbonyl (C=S) groups is 1. The molecule has 0 aliphatic carbocycles. The Morgan fingerprint density at radius 3 is 2.44 bits per heavy atom. The number of unbranched alkanes of at least 4 members (excludes halogenated alkanes) is 3. The highest BCUT2D eigenvalue weighted by Crippen LogP contribution is 2.05. The lowest BCUT2D eigenvalue weighted by molar-refractivity contribution is 0.258. The minimum atomic E-state index is 0.299. The molecule has 0 aromatic rings. The number of nitrogens with zero attached hydrogens (tertiary/aromatic N) is 1. The predicted octanol–water partition coefficient (Wildman–Crippen LogP) is 1.78. The monoisotopic (exact) mass is 246 g/mol. The van der Waals surface area contributed by atoms with Crippen molar-refractivity contribution in [3.8, 4) is 0 Å². The van der Waals surface area contributed by atoms with Crippen molar-refractivity contribution in [2.75, 3.05) is 26.2 Å². The maximum Gasteiger partial charge on any atom is 0.0768 e. The molecule has 0 amide bonds. The van der Waals surface area contributed by atoms with Crippen molar-refractivity contribution in [2.24, 2.45) is 11.7 Å². The van der Waals surface area contributed by atoms with Gasteiger partial charge in [0.2, 0.25) is 0 Å². The fourth-order valence-electron chi connectivity index (χ4n) is 1.66. The standard InChI is InChI=1S/C12H26N2OS/c1-3-14(10-11(2)12(13)16)8-6-4-5-7-9-15/h11,15H,3-10H2,1-2H3,(H2,13,16). The SMILES string of the molecule is CCN(CCCCCCO)CC(C)C(N)=S. The van der Waals surface area contributed by atoms with Gasteiger partial charge in [-0.15, -0.1) is 0 Å². The largest absolute Gasteiger partial charge is 0.396 e. The zero-order chi connectivity index (χ0) is 12.4. The molecule has 0 saturated heterocycles. The summed E-state index contributed by atoms with van der Waals surface area (Å²) in [7, 11) is 0. The van der Waals surface area contributed by atoms with Gasteiger partial charge in [0.25, 0.3) is 0 Å². The van der Waals surface area contributed by atoms with Gasteiger partial charge in [-0.05, 0) is 25.9 Å². The second kappa shape index (κ2) is 10.00. The first-order chi connectivity index (χ1) is 7.61. The number of rotatable bonds is 10. The van der Waals surface area contributed by atoms with Crippen molar-refractivity contribution in [1.82, 2.24) is 4.90 Å². The molecule has 16 heavy (non-hydrogen) atoms. The predicted molar refractivity (Wildman–Crippen MR) is 73.6 cm³/mol. The van der Waals surface area contributed by atoms with E-state index in [2.05, 4.69) is 18.7 Å². The molecule has 0 radical (unpaired) electrons. The molecule has 1 unspecified atom stereocenters. The van der Waals surface area contributed by atoms with E-state index in [0.29, 0.717) is 17.5 Å². The molecule has 3 N–H and O–H groups in total. The third kappa shape index (κ3) is 8.02. The van der Waals surface area contributed by atoms with E-state index in [1.165, 1.54) is 12.8 Å². The molecular formula is C12H26N2OS. The smallest absolute Gasteiger partial charge is 0.0768 e. The van der Waals surface area contributed by atoms with Crippen LogP contribution in [0.5, 0.6) is 0 Å². The molecular weight excluding hydrogens is 220 g/mol. The fraction of sp³-hybridized carbons (Fsp3) is 0.917. The Labute approximate surface area is 105 Å². The van der Waals surface area contributed by atoms with Crippen LogP contribution in [0.4, 0.5) is 0 Å². The average Bonchev–Trinajstić information content (AvgIpc) is 2.26. The van der Waals surface area contributed by atoms with E-state index >= 15 is 0 Å². The molecule has 0 rings (SSSR count). The van der Waals surface area contributed by atoms with E-state index in [-0.39, 0.29) is 0 Å². The Hall–Kier alpha value is -0.190. The summed E-state index contributed by atoms with van der Waals surface area (Å²) in [6, 6.07) is 0. The number of aliphatic hydroxyl groups is 1. The third-order valence-electron chi connectivity index (χ3n) is 2.85. The van der Waals surface area contributed by atoms with Crippen LogP contribution in [0.3, 0.4) is 0 Å². The quantitative estimate of drug-likeness (QED) is 0.456. The Morgan fingerprint density at radius 2 is 1.94 bits per heavy atom. The van der Waals surface area contributed by atoms with Gasteiger partial charge in [-0.3, -0.25) is 0 Å². The molecule has 0 spiro atoms. The molecule has 4 heteroatoms. The van der Waals surface area contributed by atoms with E-state index < -0.39 is 0 Å². The lowest BCUT2D eigenvalue weighted by Crippen LogP contribution is -2.34. The number of nitrogens with two attached hydrogens (primary N) is 1. The summed E-state index contributed by atoms with van der Waals surface area (Å²) in [6.45, 7) is 7.68. The first-order valence-electron chi connectivity index (χ1n) is 6.24. The molecule has 96 valence electrons. The lowest BCUT2D eigenvalue weighted by Gasteiger charge is -2.23. The molecule has 0 heterocycles. The van der Waals surface area contributed by atoms with Crippen molar-refractivity contribution < 1.29 is 5.11 Å². The van der Waals surface area contributed by atoms with E-state index in [1.54, 1.807) is 0 Å². The van der Waals surface area contributed by atoms with Crippen molar-refractivity contribution in [2.45, 2.75) is 39.5 Å². The van der Waals surface area contributed by atoms with Crippen LogP contribution in [0.15, 0.2) is 0 Å². The van der Waals surface area contributed by atoms with Gasteiger partial charge in [-0.25, -0.2) is 0 Å². The van der Waals surface area contributed by atoms with Gasteiger partial charge in [0, 0.05) is 19.1 Å². The average molecular weight is 246 g/mol. The van der Waals surface area contributed by atoms with E-state index in [0.717, 1.165) is 32.5 Å². The minimum Gasteiger partial charge on any atom is -0.396 e. The highest BCUT2D eigenvalue weighted by Gasteiger charge is 2.10. The molecule has 3 nitrogen and oxygen atoms in total. The minimum absolute atomic E-state index is 0.299. The van der Waals surface area contributed by atoms with Gasteiger partial charge in [0.15, 0.2) is 0 Å². The van der Waals surface area contributed by atoms with Crippen LogP contribution in [-0.4, -0.2) is 41.2 Å². The number of aliphatic hydroxyl groups excluding tert-OH is 1. The zero-order valence-corrected chi connectivity index (χ0v) is 11.4. The van der Waals surface area contributed by atoms with E-state index in [9.17, 15) is 0 Å². The van der Waals surface area contributed by atoms with Gasteiger partial charge in [0.1, 0.15) is 0 Å². The second-order valence-corrected chi connectivity index (χ2v) is 4.81. The summed E-state index contributed by atoms with van der Waals surface area (Å²) >= 11 is 4.98. The third-order valence-corrected chi connectivity index (χ3v) is 3.25. The topological polar surface area (TPSA) is 49.5 Å². The first-order valence-corrected chi connectivity index (χ1v) is 6.65. The number of hydrogen-bond acceptors (Lipinski definition) is 3. The van der Waals surface area contributed by atoms with Crippen LogP contribution in [0, 0.1) is 5.92 Å². The Bertz CT molecular complexity index is 188.